The van der Waals surface area contributed by atoms with E-state index in [1.54, 1.807) is 0 Å². The Balaban J connectivity index is 0.00000208. The monoisotopic (exact) mass is 449 g/mol. The lowest BCUT2D eigenvalue weighted by Gasteiger charge is -2.38. The second-order valence-electron chi connectivity index (χ2n) is 7.85. The van der Waals surface area contributed by atoms with Crippen LogP contribution in [0, 0.1) is 5.41 Å². The van der Waals surface area contributed by atoms with Crippen molar-refractivity contribution in [1.82, 2.24) is 20.0 Å². The first-order chi connectivity index (χ1) is 11.2. The summed E-state index contributed by atoms with van der Waals surface area (Å²) in [5, 5.41) is 3.60. The molecule has 3 fully saturated rings. The van der Waals surface area contributed by atoms with E-state index in [9.17, 15) is 0 Å². The van der Waals surface area contributed by atoms with Crippen LogP contribution in [0.25, 0.3) is 0 Å². The van der Waals surface area contributed by atoms with Crippen LogP contribution >= 0.6 is 24.0 Å². The van der Waals surface area contributed by atoms with Gasteiger partial charge in [-0.15, -0.1) is 24.0 Å². The van der Waals surface area contributed by atoms with E-state index in [2.05, 4.69) is 32.1 Å². The van der Waals surface area contributed by atoms with Gasteiger partial charge in [0.05, 0.1) is 0 Å². The molecule has 1 aliphatic carbocycles. The van der Waals surface area contributed by atoms with Crippen LogP contribution in [0.4, 0.5) is 0 Å². The van der Waals surface area contributed by atoms with Crippen molar-refractivity contribution in [1.29, 1.82) is 0 Å². The molecule has 1 saturated carbocycles. The molecule has 2 saturated heterocycles. The molecular formula is C18H36IN5. The zero-order chi connectivity index (χ0) is 16.1. The molecule has 0 aromatic carbocycles. The summed E-state index contributed by atoms with van der Waals surface area (Å²) in [7, 11) is 4.17. The number of rotatable bonds is 4. The number of hydrogen-bond donors (Lipinski definition) is 1. The Morgan fingerprint density at radius 1 is 1.04 bits per heavy atom. The summed E-state index contributed by atoms with van der Waals surface area (Å²) < 4.78 is 0. The van der Waals surface area contributed by atoms with Crippen molar-refractivity contribution in [2.45, 2.75) is 38.5 Å². The summed E-state index contributed by atoms with van der Waals surface area (Å²) in [6.07, 6.45) is 8.19. The van der Waals surface area contributed by atoms with Gasteiger partial charge in [-0.2, -0.15) is 0 Å². The highest BCUT2D eigenvalue weighted by atomic mass is 127. The van der Waals surface area contributed by atoms with Gasteiger partial charge < -0.3 is 20.0 Å². The van der Waals surface area contributed by atoms with Gasteiger partial charge in [-0.05, 0) is 64.2 Å². The molecule has 0 aromatic rings. The van der Waals surface area contributed by atoms with E-state index in [1.165, 1.54) is 84.3 Å². The summed E-state index contributed by atoms with van der Waals surface area (Å²) in [5.41, 5.74) is 0.649. The SMILES string of the molecule is CN=C(NCCCN1CCCN(C)CC1)N1CCC2(CCC2)C1.I. The number of hydrogen-bond acceptors (Lipinski definition) is 3. The molecule has 1 spiro atoms. The van der Waals surface area contributed by atoms with Crippen LogP contribution in [-0.4, -0.2) is 87.1 Å². The Morgan fingerprint density at radius 3 is 2.54 bits per heavy atom. The molecule has 3 rings (SSSR count). The van der Waals surface area contributed by atoms with Gasteiger partial charge >= 0.3 is 0 Å². The average molecular weight is 449 g/mol. The van der Waals surface area contributed by atoms with Crippen LogP contribution in [0.2, 0.25) is 0 Å². The van der Waals surface area contributed by atoms with Crippen molar-refractivity contribution in [3.8, 4) is 0 Å². The number of likely N-dealkylation sites (tertiary alicyclic amines) is 1. The van der Waals surface area contributed by atoms with E-state index in [-0.39, 0.29) is 24.0 Å². The molecule has 1 N–H and O–H groups in total. The molecule has 3 aliphatic rings. The summed E-state index contributed by atoms with van der Waals surface area (Å²) >= 11 is 0. The lowest BCUT2D eigenvalue weighted by Crippen LogP contribution is -2.43. The van der Waals surface area contributed by atoms with Gasteiger partial charge in [0.25, 0.3) is 0 Å². The van der Waals surface area contributed by atoms with Crippen molar-refractivity contribution < 1.29 is 0 Å². The largest absolute Gasteiger partial charge is 0.356 e. The molecule has 5 nitrogen and oxygen atoms in total. The Bertz CT molecular complexity index is 410. The highest BCUT2D eigenvalue weighted by molar-refractivity contribution is 14.0. The maximum absolute atomic E-state index is 4.51. The number of nitrogens with zero attached hydrogens (tertiary/aromatic N) is 4. The van der Waals surface area contributed by atoms with Gasteiger partial charge in [0.1, 0.15) is 0 Å². The summed E-state index contributed by atoms with van der Waals surface area (Å²) in [5.74, 6) is 1.13. The maximum Gasteiger partial charge on any atom is 0.193 e. The van der Waals surface area contributed by atoms with Gasteiger partial charge in [0.2, 0.25) is 0 Å². The molecule has 0 unspecified atom stereocenters. The second-order valence-corrected chi connectivity index (χ2v) is 7.85. The normalized spacial score (nSPS) is 25.2. The highest BCUT2D eigenvalue weighted by Gasteiger charge is 2.43. The molecular weight excluding hydrogens is 413 g/mol. The minimum atomic E-state index is 0. The number of aliphatic imine (C=N–C) groups is 1. The van der Waals surface area contributed by atoms with Crippen LogP contribution in [0.3, 0.4) is 0 Å². The van der Waals surface area contributed by atoms with E-state index in [1.807, 2.05) is 7.05 Å². The standard InChI is InChI=1S/C18H35N5.HI/c1-19-17(23-13-8-18(16-23)6-3-7-18)20-9-4-11-22-12-5-10-21(2)14-15-22;/h3-16H2,1-2H3,(H,19,20);1H. The van der Waals surface area contributed by atoms with Crippen LogP contribution in [0.1, 0.15) is 38.5 Å². The highest BCUT2D eigenvalue weighted by Crippen LogP contribution is 2.47. The Kier molecular flexibility index (Phi) is 8.07. The van der Waals surface area contributed by atoms with Crippen LogP contribution in [-0.2, 0) is 0 Å². The summed E-state index contributed by atoms with van der Waals surface area (Å²) in [4.78, 5) is 12.1. The molecule has 24 heavy (non-hydrogen) atoms. The predicted octanol–water partition coefficient (Wildman–Crippen LogP) is 2.08. The predicted molar refractivity (Wildman–Crippen MR) is 112 cm³/mol. The first-order valence-corrected chi connectivity index (χ1v) is 9.57. The minimum Gasteiger partial charge on any atom is -0.356 e. The quantitative estimate of drug-likeness (QED) is 0.309. The molecule has 6 heteroatoms. The van der Waals surface area contributed by atoms with Gasteiger partial charge in [0, 0.05) is 39.8 Å². The third-order valence-corrected chi connectivity index (χ3v) is 6.11. The lowest BCUT2D eigenvalue weighted by atomic mass is 9.68. The van der Waals surface area contributed by atoms with Gasteiger partial charge in [0.15, 0.2) is 5.96 Å². The second kappa shape index (κ2) is 9.57. The molecule has 0 aromatic heterocycles. The smallest absolute Gasteiger partial charge is 0.193 e. The molecule has 0 atom stereocenters. The Hall–Kier alpha value is -0.0800. The number of likely N-dealkylation sites (N-methyl/N-ethyl adjacent to an activating group) is 1. The van der Waals surface area contributed by atoms with E-state index < -0.39 is 0 Å². The first-order valence-electron chi connectivity index (χ1n) is 9.57. The topological polar surface area (TPSA) is 34.1 Å². The minimum absolute atomic E-state index is 0. The number of halogens is 1. The zero-order valence-corrected chi connectivity index (χ0v) is 17.9. The van der Waals surface area contributed by atoms with Crippen LogP contribution in [0.5, 0.6) is 0 Å². The third kappa shape index (κ3) is 5.21. The zero-order valence-electron chi connectivity index (χ0n) is 15.6. The molecule has 2 heterocycles. The maximum atomic E-state index is 4.51. The van der Waals surface area contributed by atoms with E-state index in [0.29, 0.717) is 5.41 Å². The van der Waals surface area contributed by atoms with Gasteiger partial charge in [-0.25, -0.2) is 0 Å². The van der Waals surface area contributed by atoms with Crippen molar-refractivity contribution in [2.24, 2.45) is 10.4 Å². The van der Waals surface area contributed by atoms with E-state index in [4.69, 9.17) is 0 Å². The molecule has 0 amide bonds. The van der Waals surface area contributed by atoms with Crippen molar-refractivity contribution >= 4 is 29.9 Å². The fourth-order valence-electron chi connectivity index (χ4n) is 4.36. The first kappa shape index (κ1) is 20.2. The lowest BCUT2D eigenvalue weighted by molar-refractivity contribution is 0.151. The van der Waals surface area contributed by atoms with Gasteiger partial charge in [-0.1, -0.05) is 6.42 Å². The third-order valence-electron chi connectivity index (χ3n) is 6.11. The van der Waals surface area contributed by atoms with Crippen molar-refractivity contribution in [2.75, 3.05) is 66.5 Å². The van der Waals surface area contributed by atoms with E-state index >= 15 is 0 Å². The van der Waals surface area contributed by atoms with Crippen LogP contribution in [0.15, 0.2) is 4.99 Å². The summed E-state index contributed by atoms with van der Waals surface area (Å²) in [6, 6.07) is 0. The molecule has 140 valence electrons. The Labute approximate surface area is 165 Å². The average Bonchev–Trinajstić information content (AvgIpc) is 2.87. The molecule has 2 aliphatic heterocycles. The van der Waals surface area contributed by atoms with Crippen molar-refractivity contribution in [3.63, 3.8) is 0 Å². The van der Waals surface area contributed by atoms with E-state index in [0.717, 1.165) is 12.5 Å². The van der Waals surface area contributed by atoms with Crippen molar-refractivity contribution in [3.05, 3.63) is 0 Å². The fourth-order valence-corrected chi connectivity index (χ4v) is 4.36. The van der Waals surface area contributed by atoms with Gasteiger partial charge in [-0.3, -0.25) is 4.99 Å². The van der Waals surface area contributed by atoms with Crippen LogP contribution < -0.4 is 5.32 Å². The number of nitrogens with one attached hydrogen (secondary N) is 1. The molecule has 0 radical (unpaired) electrons. The number of guanidine groups is 1. The Morgan fingerprint density at radius 2 is 1.88 bits per heavy atom. The fraction of sp³-hybridized carbons (Fsp3) is 0.944. The summed E-state index contributed by atoms with van der Waals surface area (Å²) in [6.45, 7) is 9.62. The molecule has 0 bridgehead atoms.